The van der Waals surface area contributed by atoms with E-state index in [1.54, 1.807) is 0 Å². The molecule has 0 saturated carbocycles. The lowest BCUT2D eigenvalue weighted by molar-refractivity contribution is -0.138. The standard InChI is InChI=1S/C8H9F3N2/c1-4-5(2)13-7(12)3-6(4)8(9,10)11/h3H,1-2H3,(H2,12,13). The molecule has 0 saturated heterocycles. The van der Waals surface area contributed by atoms with E-state index in [1.165, 1.54) is 13.8 Å². The van der Waals surface area contributed by atoms with Crippen molar-refractivity contribution < 1.29 is 13.2 Å². The third kappa shape index (κ3) is 1.91. The summed E-state index contributed by atoms with van der Waals surface area (Å²) in [5, 5.41) is 0. The van der Waals surface area contributed by atoms with Crippen LogP contribution in [0.25, 0.3) is 0 Å². The third-order valence-corrected chi connectivity index (χ3v) is 1.84. The maximum absolute atomic E-state index is 12.3. The molecule has 1 aromatic heterocycles. The van der Waals surface area contributed by atoms with Crippen LogP contribution in [-0.2, 0) is 6.18 Å². The van der Waals surface area contributed by atoms with Gasteiger partial charge in [-0.3, -0.25) is 0 Å². The lowest BCUT2D eigenvalue weighted by Crippen LogP contribution is -2.10. The van der Waals surface area contributed by atoms with Crippen molar-refractivity contribution in [2.45, 2.75) is 20.0 Å². The van der Waals surface area contributed by atoms with Crippen molar-refractivity contribution >= 4 is 5.82 Å². The van der Waals surface area contributed by atoms with E-state index in [0.717, 1.165) is 6.07 Å². The van der Waals surface area contributed by atoms with Crippen LogP contribution in [0, 0.1) is 13.8 Å². The largest absolute Gasteiger partial charge is 0.416 e. The summed E-state index contributed by atoms with van der Waals surface area (Å²) in [7, 11) is 0. The Kier molecular flexibility index (Phi) is 2.19. The average molecular weight is 190 g/mol. The molecular weight excluding hydrogens is 181 g/mol. The average Bonchev–Trinajstić information content (AvgIpc) is 1.94. The first-order valence-electron chi connectivity index (χ1n) is 3.63. The third-order valence-electron chi connectivity index (χ3n) is 1.84. The molecule has 0 radical (unpaired) electrons. The van der Waals surface area contributed by atoms with Gasteiger partial charge in [0, 0.05) is 5.69 Å². The highest BCUT2D eigenvalue weighted by Crippen LogP contribution is 2.33. The normalized spacial score (nSPS) is 11.8. The molecule has 0 atom stereocenters. The van der Waals surface area contributed by atoms with E-state index >= 15 is 0 Å². The molecule has 0 fully saturated rings. The summed E-state index contributed by atoms with van der Waals surface area (Å²) in [5.41, 5.74) is 4.94. The number of alkyl halides is 3. The number of anilines is 1. The molecule has 0 aliphatic carbocycles. The van der Waals surface area contributed by atoms with Gasteiger partial charge in [-0.15, -0.1) is 0 Å². The second-order valence-electron chi connectivity index (χ2n) is 2.80. The molecule has 72 valence electrons. The highest BCUT2D eigenvalue weighted by Gasteiger charge is 2.33. The molecule has 0 aromatic carbocycles. The van der Waals surface area contributed by atoms with Gasteiger partial charge in [-0.1, -0.05) is 0 Å². The Hall–Kier alpha value is -1.26. The van der Waals surface area contributed by atoms with Crippen molar-refractivity contribution in [1.29, 1.82) is 0 Å². The van der Waals surface area contributed by atoms with E-state index in [9.17, 15) is 13.2 Å². The van der Waals surface area contributed by atoms with Crippen molar-refractivity contribution in [2.24, 2.45) is 0 Å². The van der Waals surface area contributed by atoms with Gasteiger partial charge in [0.25, 0.3) is 0 Å². The lowest BCUT2D eigenvalue weighted by atomic mass is 10.1. The maximum Gasteiger partial charge on any atom is 0.416 e. The lowest BCUT2D eigenvalue weighted by Gasteiger charge is -2.12. The molecule has 1 heterocycles. The number of aryl methyl sites for hydroxylation is 1. The number of nitrogens with two attached hydrogens (primary N) is 1. The molecule has 0 aliphatic rings. The number of pyridine rings is 1. The number of hydrogen-bond donors (Lipinski definition) is 1. The molecular formula is C8H9F3N2. The Balaban J connectivity index is 3.37. The number of halogens is 3. The van der Waals surface area contributed by atoms with Gasteiger partial charge in [0.15, 0.2) is 0 Å². The number of nitrogen functional groups attached to an aromatic ring is 1. The molecule has 1 rings (SSSR count). The molecule has 0 amide bonds. The Morgan fingerprint density at radius 2 is 1.85 bits per heavy atom. The van der Waals surface area contributed by atoms with Gasteiger partial charge in [-0.25, -0.2) is 4.98 Å². The van der Waals surface area contributed by atoms with Crippen LogP contribution < -0.4 is 5.73 Å². The zero-order valence-electron chi connectivity index (χ0n) is 7.24. The van der Waals surface area contributed by atoms with Crippen LogP contribution in [0.4, 0.5) is 19.0 Å². The molecule has 2 nitrogen and oxygen atoms in total. The zero-order valence-corrected chi connectivity index (χ0v) is 7.24. The highest BCUT2D eigenvalue weighted by atomic mass is 19.4. The van der Waals surface area contributed by atoms with E-state index in [1.807, 2.05) is 0 Å². The van der Waals surface area contributed by atoms with Crippen molar-refractivity contribution in [3.63, 3.8) is 0 Å². The summed E-state index contributed by atoms with van der Waals surface area (Å²) >= 11 is 0. The predicted molar refractivity (Wildman–Crippen MR) is 43.1 cm³/mol. The van der Waals surface area contributed by atoms with Crippen molar-refractivity contribution in [3.8, 4) is 0 Å². The van der Waals surface area contributed by atoms with Gasteiger partial charge in [-0.2, -0.15) is 13.2 Å². The van der Waals surface area contributed by atoms with Crippen LogP contribution in [0.2, 0.25) is 0 Å². The number of hydrogen-bond acceptors (Lipinski definition) is 2. The van der Waals surface area contributed by atoms with E-state index < -0.39 is 11.7 Å². The highest BCUT2D eigenvalue weighted by molar-refractivity contribution is 5.41. The second kappa shape index (κ2) is 2.90. The maximum atomic E-state index is 12.3. The van der Waals surface area contributed by atoms with Crippen LogP contribution in [0.1, 0.15) is 16.8 Å². The van der Waals surface area contributed by atoms with Gasteiger partial charge in [0.2, 0.25) is 0 Å². The summed E-state index contributed by atoms with van der Waals surface area (Å²) < 4.78 is 37.0. The molecule has 1 aromatic rings. The first kappa shape index (κ1) is 9.83. The Bertz CT molecular complexity index is 331. The van der Waals surface area contributed by atoms with Crippen molar-refractivity contribution in [1.82, 2.24) is 4.98 Å². The topological polar surface area (TPSA) is 38.9 Å². The molecule has 0 spiro atoms. The first-order chi connectivity index (χ1) is 5.82. The van der Waals surface area contributed by atoms with Crippen LogP contribution in [0.5, 0.6) is 0 Å². The quantitative estimate of drug-likeness (QED) is 0.681. The monoisotopic (exact) mass is 190 g/mol. The van der Waals surface area contributed by atoms with E-state index in [4.69, 9.17) is 5.73 Å². The van der Waals surface area contributed by atoms with Gasteiger partial charge >= 0.3 is 6.18 Å². The molecule has 0 unspecified atom stereocenters. The second-order valence-corrected chi connectivity index (χ2v) is 2.80. The Morgan fingerprint density at radius 3 is 2.31 bits per heavy atom. The molecule has 13 heavy (non-hydrogen) atoms. The minimum Gasteiger partial charge on any atom is -0.384 e. The summed E-state index contributed by atoms with van der Waals surface area (Å²) in [5.74, 6) is -0.101. The zero-order chi connectivity index (χ0) is 10.2. The van der Waals surface area contributed by atoms with Crippen molar-refractivity contribution in [3.05, 3.63) is 22.9 Å². The fourth-order valence-corrected chi connectivity index (χ4v) is 1.06. The number of aromatic nitrogens is 1. The SMILES string of the molecule is Cc1nc(N)cc(C(F)(F)F)c1C. The molecule has 0 bridgehead atoms. The fraction of sp³-hybridized carbons (Fsp3) is 0.375. The van der Waals surface area contributed by atoms with E-state index in [0.29, 0.717) is 5.69 Å². The van der Waals surface area contributed by atoms with Crippen LogP contribution in [-0.4, -0.2) is 4.98 Å². The van der Waals surface area contributed by atoms with Crippen LogP contribution >= 0.6 is 0 Å². The molecule has 5 heteroatoms. The van der Waals surface area contributed by atoms with Crippen LogP contribution in [0.3, 0.4) is 0 Å². The molecule has 0 aliphatic heterocycles. The summed E-state index contributed by atoms with van der Waals surface area (Å²) in [6, 6.07) is 0.850. The Morgan fingerprint density at radius 1 is 1.31 bits per heavy atom. The number of rotatable bonds is 0. The minimum atomic E-state index is -4.36. The minimum absolute atomic E-state index is 0.101. The smallest absolute Gasteiger partial charge is 0.384 e. The fourth-order valence-electron chi connectivity index (χ4n) is 1.06. The van der Waals surface area contributed by atoms with Gasteiger partial charge in [-0.05, 0) is 25.5 Å². The van der Waals surface area contributed by atoms with E-state index in [2.05, 4.69) is 4.98 Å². The van der Waals surface area contributed by atoms with E-state index in [-0.39, 0.29) is 11.4 Å². The summed E-state index contributed by atoms with van der Waals surface area (Å²) in [6.07, 6.45) is -4.36. The Labute approximate surface area is 73.6 Å². The molecule has 2 N–H and O–H groups in total. The van der Waals surface area contributed by atoms with Gasteiger partial charge in [0.1, 0.15) is 5.82 Å². The van der Waals surface area contributed by atoms with Gasteiger partial charge in [0.05, 0.1) is 5.56 Å². The first-order valence-corrected chi connectivity index (χ1v) is 3.63. The van der Waals surface area contributed by atoms with Gasteiger partial charge < -0.3 is 5.73 Å². The summed E-state index contributed by atoms with van der Waals surface area (Å²) in [6.45, 7) is 2.88. The number of nitrogens with zero attached hydrogens (tertiary/aromatic N) is 1. The van der Waals surface area contributed by atoms with Crippen LogP contribution in [0.15, 0.2) is 6.07 Å². The van der Waals surface area contributed by atoms with Crippen molar-refractivity contribution in [2.75, 3.05) is 5.73 Å². The predicted octanol–water partition coefficient (Wildman–Crippen LogP) is 2.30. The summed E-state index contributed by atoms with van der Waals surface area (Å²) in [4.78, 5) is 3.73.